The predicted octanol–water partition coefficient (Wildman–Crippen LogP) is 13.3. The molecule has 0 aliphatic heterocycles. The summed E-state index contributed by atoms with van der Waals surface area (Å²) in [6, 6.07) is 41.4. The molecule has 0 fully saturated rings. The Labute approximate surface area is 501 Å². The van der Waals surface area contributed by atoms with Gasteiger partial charge in [0.2, 0.25) is 30.1 Å². The van der Waals surface area contributed by atoms with Crippen LogP contribution in [0.2, 0.25) is 0 Å². The molecule has 12 rings (SSSR count). The monoisotopic (exact) mass is 1270 g/mol. The van der Waals surface area contributed by atoms with Gasteiger partial charge >= 0.3 is 0 Å². The van der Waals surface area contributed by atoms with Crippen molar-refractivity contribution in [2.45, 2.75) is 14.7 Å². The number of halogens is 8. The lowest BCUT2D eigenvalue weighted by atomic mass is 10.1. The van der Waals surface area contributed by atoms with Crippen LogP contribution >= 0.6 is 0 Å². The zero-order valence-electron chi connectivity index (χ0n) is 45.4. The number of primary sulfonamides is 3. The summed E-state index contributed by atoms with van der Waals surface area (Å²) >= 11 is 0. The summed E-state index contributed by atoms with van der Waals surface area (Å²) in [6.45, 7) is 0. The van der Waals surface area contributed by atoms with Crippen LogP contribution in [0, 0.1) is 46.5 Å². The molecule has 0 saturated heterocycles. The first-order valence-electron chi connectivity index (χ1n) is 25.9. The highest BCUT2D eigenvalue weighted by Gasteiger charge is 2.20. The summed E-state index contributed by atoms with van der Waals surface area (Å²) in [6.07, 6.45) is 8.17. The molecule has 3 aromatic heterocycles. The number of H-pyrrole nitrogens is 3. The third kappa shape index (κ3) is 14.1. The van der Waals surface area contributed by atoms with Crippen molar-refractivity contribution in [3.05, 3.63) is 251 Å². The number of imidazole rings is 3. The van der Waals surface area contributed by atoms with Gasteiger partial charge < -0.3 is 15.0 Å². The van der Waals surface area contributed by atoms with Crippen LogP contribution in [0.5, 0.6) is 0 Å². The van der Waals surface area contributed by atoms with Crippen LogP contribution in [0.3, 0.4) is 0 Å². The van der Waals surface area contributed by atoms with Gasteiger partial charge in [0.1, 0.15) is 34.9 Å². The lowest BCUT2D eigenvalue weighted by molar-refractivity contribution is 0.446. The van der Waals surface area contributed by atoms with Crippen molar-refractivity contribution in [3.63, 3.8) is 0 Å². The zero-order chi connectivity index (χ0) is 63.5. The Morgan fingerprint density at radius 2 is 0.697 bits per heavy atom. The van der Waals surface area contributed by atoms with Gasteiger partial charge in [0.05, 0.1) is 47.8 Å². The van der Waals surface area contributed by atoms with Crippen LogP contribution in [0.1, 0.15) is 34.2 Å². The molecule has 0 radical (unpaired) electrons. The van der Waals surface area contributed by atoms with Crippen molar-refractivity contribution in [1.82, 2.24) is 29.9 Å². The van der Waals surface area contributed by atoms with E-state index in [9.17, 15) is 60.4 Å². The van der Waals surface area contributed by atoms with Gasteiger partial charge in [-0.1, -0.05) is 78.9 Å². The molecule has 0 bridgehead atoms. The van der Waals surface area contributed by atoms with Gasteiger partial charge in [-0.15, -0.1) is 0 Å². The Morgan fingerprint density at radius 3 is 1.10 bits per heavy atom. The van der Waals surface area contributed by atoms with E-state index in [1.165, 1.54) is 72.9 Å². The average Bonchev–Trinajstić information content (AvgIpc) is 2.37. The van der Waals surface area contributed by atoms with Gasteiger partial charge in [-0.2, -0.15) is 0 Å². The van der Waals surface area contributed by atoms with Gasteiger partial charge in [-0.05, 0) is 138 Å². The standard InChI is InChI=1S/2C21H14F3N3O2S.C21H15F2N3O2S/c22-15-8-5-12(20(23)21(15)24)7-10-19-26-16-9-6-13(11-17(16)27-19)14-3-1-2-4-18(14)30(25,28)29;22-15-11-17(24)16(23)9-13(15)6-8-21-26-18-7-5-12(10-19(18)27-21)14-3-1-2-4-20(14)30(25,28)29;22-16-5-3-6-17(23)15(16)9-11-21-25-18-10-8-13(12-19(18)26-21)14-4-1-2-7-20(14)29(24,27)28/h2*1-11H,(H,26,27)(H2,25,28,29);1-12H,(H,25,26)(H2,24,27,28)/b10-7+;8-6+;11-9+. The van der Waals surface area contributed by atoms with Crippen LogP contribution in [0.4, 0.5) is 35.1 Å². The predicted molar refractivity (Wildman–Crippen MR) is 324 cm³/mol. The average molecular weight is 1270 g/mol. The van der Waals surface area contributed by atoms with Crippen LogP contribution in [-0.2, 0) is 30.1 Å². The smallest absolute Gasteiger partial charge is 0.238 e. The Balaban J connectivity index is 0.000000147. The first kappa shape index (κ1) is 61.9. The van der Waals surface area contributed by atoms with Crippen molar-refractivity contribution in [3.8, 4) is 33.4 Å². The molecule has 0 spiro atoms. The molecular weight excluding hydrogens is 1230 g/mol. The number of benzene rings is 9. The second kappa shape index (κ2) is 25.2. The topological polar surface area (TPSA) is 267 Å². The highest BCUT2D eigenvalue weighted by molar-refractivity contribution is 7.89. The molecule has 3 heterocycles. The maximum Gasteiger partial charge on any atom is 0.238 e. The van der Waals surface area contributed by atoms with E-state index in [1.54, 1.807) is 109 Å². The first-order chi connectivity index (χ1) is 42.3. The molecular formula is C63H43F8N9O6S3. The molecule has 89 heavy (non-hydrogen) atoms. The fourth-order valence-electron chi connectivity index (χ4n) is 9.19. The molecule has 0 amide bonds. The maximum atomic E-state index is 13.8. The van der Waals surface area contributed by atoms with E-state index in [1.807, 2.05) is 0 Å². The van der Waals surface area contributed by atoms with Gasteiger partial charge in [-0.25, -0.2) is 90.7 Å². The molecule has 0 aliphatic carbocycles. The van der Waals surface area contributed by atoms with Crippen molar-refractivity contribution in [1.29, 1.82) is 0 Å². The number of aromatic nitrogens is 6. The Bertz CT molecular complexity index is 5030. The lowest BCUT2D eigenvalue weighted by Gasteiger charge is -2.07. The minimum Gasteiger partial charge on any atom is -0.338 e. The highest BCUT2D eigenvalue weighted by Crippen LogP contribution is 2.33. The second-order valence-corrected chi connectivity index (χ2v) is 24.0. The molecule has 0 saturated carbocycles. The zero-order valence-corrected chi connectivity index (χ0v) is 47.9. The third-order valence-electron chi connectivity index (χ3n) is 13.4. The minimum absolute atomic E-state index is 0.00204. The van der Waals surface area contributed by atoms with Gasteiger partial charge in [0, 0.05) is 39.4 Å². The van der Waals surface area contributed by atoms with E-state index in [2.05, 4.69) is 29.9 Å². The van der Waals surface area contributed by atoms with Gasteiger partial charge in [-0.3, -0.25) is 0 Å². The Morgan fingerprint density at radius 1 is 0.326 bits per heavy atom. The van der Waals surface area contributed by atoms with Crippen LogP contribution in [0.25, 0.3) is 103 Å². The Hall–Kier alpha value is -10.2. The minimum atomic E-state index is -3.91. The molecule has 12 aromatic rings. The normalized spacial score (nSPS) is 12.1. The van der Waals surface area contributed by atoms with Crippen LogP contribution < -0.4 is 15.4 Å². The summed E-state index contributed by atoms with van der Waals surface area (Å²) in [5, 5.41) is 15.9. The van der Waals surface area contributed by atoms with Gasteiger partial charge in [0.25, 0.3) is 0 Å². The van der Waals surface area contributed by atoms with Crippen molar-refractivity contribution in [2.24, 2.45) is 15.4 Å². The molecule has 0 atom stereocenters. The fraction of sp³-hybridized carbons (Fsp3) is 0. The van der Waals surface area contributed by atoms with Crippen molar-refractivity contribution < 1.29 is 60.4 Å². The highest BCUT2D eigenvalue weighted by atomic mass is 32.2. The first-order valence-corrected chi connectivity index (χ1v) is 30.5. The van der Waals surface area contributed by atoms with Crippen LogP contribution in [-0.4, -0.2) is 55.2 Å². The lowest BCUT2D eigenvalue weighted by Crippen LogP contribution is -2.13. The number of hydrogen-bond donors (Lipinski definition) is 6. The van der Waals surface area contributed by atoms with E-state index in [4.69, 9.17) is 15.4 Å². The van der Waals surface area contributed by atoms with Crippen molar-refractivity contribution in [2.75, 3.05) is 0 Å². The molecule has 0 unspecified atom stereocenters. The van der Waals surface area contributed by atoms with Crippen molar-refractivity contribution >= 4 is 99.6 Å². The van der Waals surface area contributed by atoms with E-state index in [0.29, 0.717) is 90.0 Å². The summed E-state index contributed by atoms with van der Waals surface area (Å²) in [5.74, 6) is -7.64. The summed E-state index contributed by atoms with van der Waals surface area (Å²) in [5.41, 5.74) is 6.42. The number of sulfonamides is 3. The van der Waals surface area contributed by atoms with E-state index in [0.717, 1.165) is 18.2 Å². The maximum absolute atomic E-state index is 13.8. The number of hydrogen-bond acceptors (Lipinski definition) is 9. The van der Waals surface area contributed by atoms with Gasteiger partial charge in [0.15, 0.2) is 29.1 Å². The molecule has 0 aliphatic rings. The second-order valence-electron chi connectivity index (χ2n) is 19.4. The largest absolute Gasteiger partial charge is 0.338 e. The molecule has 450 valence electrons. The molecule has 9 aromatic carbocycles. The molecule has 26 heteroatoms. The Kier molecular flexibility index (Phi) is 17.5. The summed E-state index contributed by atoms with van der Waals surface area (Å²) in [4.78, 5) is 22.1. The number of nitrogens with two attached hydrogens (primary N) is 3. The van der Waals surface area contributed by atoms with Crippen LogP contribution in [0.15, 0.2) is 185 Å². The summed E-state index contributed by atoms with van der Waals surface area (Å²) in [7, 11) is -11.7. The fourth-order valence-corrected chi connectivity index (χ4v) is 11.5. The SMILES string of the molecule is NS(=O)(=O)c1ccccc1-c1ccc2nc(/C=C/c3c(F)cccc3F)[nH]c2c1.NS(=O)(=O)c1ccccc1-c1ccc2nc(/C=C/c3cc(F)c(F)cc3F)[nH]c2c1.NS(=O)(=O)c1ccccc1-c1ccc2nc(/C=C/c3ccc(F)c(F)c3F)[nH]c2c1. The number of nitrogens with zero attached hydrogens (tertiary/aromatic N) is 3. The number of fused-ring (bicyclic) bond motifs is 3. The summed E-state index contributed by atoms with van der Waals surface area (Å²) < 4.78 is 179. The number of nitrogens with one attached hydrogen (secondary N) is 3. The molecule has 15 nitrogen and oxygen atoms in total. The third-order valence-corrected chi connectivity index (χ3v) is 16.3. The number of rotatable bonds is 12. The van der Waals surface area contributed by atoms with E-state index >= 15 is 0 Å². The molecule has 9 N–H and O–H groups in total. The van der Waals surface area contributed by atoms with E-state index in [-0.39, 0.29) is 31.4 Å². The quantitative estimate of drug-likeness (QED) is 0.0385. The number of aromatic amines is 3. The van der Waals surface area contributed by atoms with E-state index < -0.39 is 76.6 Å².